The van der Waals surface area contributed by atoms with Gasteiger partial charge in [0.25, 0.3) is 0 Å². The zero-order valence-corrected chi connectivity index (χ0v) is 10.7. The van der Waals surface area contributed by atoms with E-state index in [1.54, 1.807) is 0 Å². The predicted molar refractivity (Wildman–Crippen MR) is 65.2 cm³/mol. The number of aromatic nitrogens is 2. The summed E-state index contributed by atoms with van der Waals surface area (Å²) >= 11 is 0. The topological polar surface area (TPSA) is 66.0 Å². The fourth-order valence-corrected chi connectivity index (χ4v) is 2.28. The minimum Gasteiger partial charge on any atom is -0.357 e. The Bertz CT molecular complexity index is 399. The molecule has 0 saturated carbocycles. The molecule has 5 nitrogen and oxygen atoms in total. The maximum atomic E-state index is 7.72. The average Bonchev–Trinajstić information content (AvgIpc) is 2.86. The lowest BCUT2D eigenvalue weighted by atomic mass is 10.1. The molecule has 0 aromatic carbocycles. The minimum atomic E-state index is 0.302. The maximum Gasteiger partial charge on any atom is 0.228 e. The molecule has 17 heavy (non-hydrogen) atoms. The van der Waals surface area contributed by atoms with Crippen LogP contribution in [0.2, 0.25) is 0 Å². The van der Waals surface area contributed by atoms with Crippen LogP contribution in [0.1, 0.15) is 51.2 Å². The van der Waals surface area contributed by atoms with Gasteiger partial charge in [-0.3, -0.25) is 5.41 Å². The van der Waals surface area contributed by atoms with E-state index < -0.39 is 0 Å². The lowest BCUT2D eigenvalue weighted by Gasteiger charge is -2.23. The van der Waals surface area contributed by atoms with E-state index in [9.17, 15) is 0 Å². The highest BCUT2D eigenvalue weighted by molar-refractivity contribution is 5.76. The van der Waals surface area contributed by atoms with Crippen molar-refractivity contribution in [2.45, 2.75) is 52.0 Å². The third-order valence-corrected chi connectivity index (χ3v) is 3.22. The van der Waals surface area contributed by atoms with Crippen molar-refractivity contribution in [1.29, 1.82) is 5.41 Å². The highest BCUT2D eigenvalue weighted by Crippen LogP contribution is 2.21. The van der Waals surface area contributed by atoms with Gasteiger partial charge in [-0.05, 0) is 19.8 Å². The van der Waals surface area contributed by atoms with E-state index in [-0.39, 0.29) is 0 Å². The SMILES string of the molecule is CC(=N)N1CCCC1Cc1nc(C(C)C)no1. The van der Waals surface area contributed by atoms with E-state index in [0.29, 0.717) is 23.7 Å². The largest absolute Gasteiger partial charge is 0.357 e. The highest BCUT2D eigenvalue weighted by atomic mass is 16.5. The van der Waals surface area contributed by atoms with Crippen LogP contribution in [0.25, 0.3) is 0 Å². The zero-order chi connectivity index (χ0) is 12.4. The number of hydrogen-bond acceptors (Lipinski definition) is 4. The van der Waals surface area contributed by atoms with Crippen molar-refractivity contribution in [2.75, 3.05) is 6.54 Å². The van der Waals surface area contributed by atoms with Crippen LogP contribution in [-0.2, 0) is 6.42 Å². The van der Waals surface area contributed by atoms with Gasteiger partial charge in [0, 0.05) is 24.9 Å². The van der Waals surface area contributed by atoms with Gasteiger partial charge >= 0.3 is 0 Å². The van der Waals surface area contributed by atoms with Gasteiger partial charge < -0.3 is 9.42 Å². The first-order chi connectivity index (χ1) is 8.08. The average molecular weight is 236 g/mol. The summed E-state index contributed by atoms with van der Waals surface area (Å²) in [6.45, 7) is 6.92. The van der Waals surface area contributed by atoms with Gasteiger partial charge in [0.1, 0.15) is 0 Å². The van der Waals surface area contributed by atoms with Gasteiger partial charge in [-0.25, -0.2) is 0 Å². The second kappa shape index (κ2) is 4.85. The molecule has 0 spiro atoms. The lowest BCUT2D eigenvalue weighted by Crippen LogP contribution is -2.34. The Kier molecular flexibility index (Phi) is 3.45. The van der Waals surface area contributed by atoms with Crippen LogP contribution in [0.3, 0.4) is 0 Å². The fourth-order valence-electron chi connectivity index (χ4n) is 2.28. The summed E-state index contributed by atoms with van der Waals surface area (Å²) in [4.78, 5) is 6.52. The van der Waals surface area contributed by atoms with Gasteiger partial charge in [0.05, 0.1) is 5.84 Å². The van der Waals surface area contributed by atoms with Crippen molar-refractivity contribution >= 4 is 5.84 Å². The second-order valence-electron chi connectivity index (χ2n) is 4.98. The van der Waals surface area contributed by atoms with E-state index in [0.717, 1.165) is 31.6 Å². The van der Waals surface area contributed by atoms with Crippen LogP contribution in [0, 0.1) is 5.41 Å². The van der Waals surface area contributed by atoms with Crippen molar-refractivity contribution in [3.8, 4) is 0 Å². The summed E-state index contributed by atoms with van der Waals surface area (Å²) < 4.78 is 5.26. The monoisotopic (exact) mass is 236 g/mol. The van der Waals surface area contributed by atoms with Gasteiger partial charge in [0.2, 0.25) is 5.89 Å². The molecule has 0 radical (unpaired) electrons. The number of hydrogen-bond donors (Lipinski definition) is 1. The summed E-state index contributed by atoms with van der Waals surface area (Å²) in [5.74, 6) is 2.41. The van der Waals surface area contributed by atoms with Crippen molar-refractivity contribution < 1.29 is 4.52 Å². The molecule has 0 amide bonds. The number of nitrogens with zero attached hydrogens (tertiary/aromatic N) is 3. The Morgan fingerprint density at radius 1 is 1.59 bits per heavy atom. The smallest absolute Gasteiger partial charge is 0.228 e. The quantitative estimate of drug-likeness (QED) is 0.645. The summed E-state index contributed by atoms with van der Waals surface area (Å²) in [6.07, 6.45) is 3.01. The second-order valence-corrected chi connectivity index (χ2v) is 4.98. The Morgan fingerprint density at radius 2 is 2.35 bits per heavy atom. The molecular formula is C12H20N4O. The zero-order valence-electron chi connectivity index (χ0n) is 10.7. The van der Waals surface area contributed by atoms with Gasteiger partial charge in [0.15, 0.2) is 5.82 Å². The van der Waals surface area contributed by atoms with E-state index in [1.807, 2.05) is 6.92 Å². The van der Waals surface area contributed by atoms with Crippen molar-refractivity contribution in [3.63, 3.8) is 0 Å². The fraction of sp³-hybridized carbons (Fsp3) is 0.750. The molecule has 1 unspecified atom stereocenters. The predicted octanol–water partition coefficient (Wildman–Crippen LogP) is 2.20. The first-order valence-electron chi connectivity index (χ1n) is 6.22. The van der Waals surface area contributed by atoms with Crippen molar-refractivity contribution in [2.24, 2.45) is 0 Å². The maximum absolute atomic E-state index is 7.72. The molecule has 2 heterocycles. The van der Waals surface area contributed by atoms with E-state index in [2.05, 4.69) is 28.9 Å². The van der Waals surface area contributed by atoms with Gasteiger partial charge in [-0.2, -0.15) is 4.98 Å². The molecule has 94 valence electrons. The molecule has 0 aliphatic carbocycles. The van der Waals surface area contributed by atoms with Crippen LogP contribution in [0.15, 0.2) is 4.52 Å². The third kappa shape index (κ3) is 2.65. The standard InChI is InChI=1S/C12H20N4O/c1-8(2)12-14-11(17-15-12)7-10-5-4-6-16(10)9(3)13/h8,10,13H,4-7H2,1-3H3. The number of amidine groups is 1. The van der Waals surface area contributed by atoms with E-state index in [4.69, 9.17) is 9.93 Å². The molecule has 0 bridgehead atoms. The van der Waals surface area contributed by atoms with Crippen LogP contribution in [-0.4, -0.2) is 33.5 Å². The molecule has 1 fully saturated rings. The first-order valence-corrected chi connectivity index (χ1v) is 6.22. The van der Waals surface area contributed by atoms with Gasteiger partial charge in [-0.1, -0.05) is 19.0 Å². The molecule has 2 rings (SSSR count). The van der Waals surface area contributed by atoms with E-state index in [1.165, 1.54) is 0 Å². The Balaban J connectivity index is 2.02. The van der Waals surface area contributed by atoms with E-state index >= 15 is 0 Å². The molecule has 1 aromatic heterocycles. The lowest BCUT2D eigenvalue weighted by molar-refractivity contribution is 0.319. The van der Waals surface area contributed by atoms with Crippen molar-refractivity contribution in [1.82, 2.24) is 15.0 Å². The number of likely N-dealkylation sites (tertiary alicyclic amines) is 1. The van der Waals surface area contributed by atoms with Crippen molar-refractivity contribution in [3.05, 3.63) is 11.7 Å². The summed E-state index contributed by atoms with van der Waals surface area (Å²) in [5, 5.41) is 11.7. The molecular weight excluding hydrogens is 216 g/mol. The third-order valence-electron chi connectivity index (χ3n) is 3.22. The molecule has 1 saturated heterocycles. The Labute approximate surface area is 102 Å². The number of nitrogens with one attached hydrogen (secondary N) is 1. The minimum absolute atomic E-state index is 0.302. The molecule has 1 N–H and O–H groups in total. The normalized spacial score (nSPS) is 20.2. The van der Waals surface area contributed by atoms with Crippen LogP contribution < -0.4 is 0 Å². The first kappa shape index (κ1) is 12.1. The Morgan fingerprint density at radius 3 is 2.94 bits per heavy atom. The molecule has 5 heteroatoms. The Hall–Kier alpha value is -1.39. The molecule has 1 aliphatic heterocycles. The summed E-state index contributed by atoms with van der Waals surface area (Å²) in [6, 6.07) is 0.355. The summed E-state index contributed by atoms with van der Waals surface area (Å²) in [5.41, 5.74) is 0. The molecule has 1 aliphatic rings. The number of rotatable bonds is 3. The highest BCUT2D eigenvalue weighted by Gasteiger charge is 2.27. The molecule has 1 aromatic rings. The van der Waals surface area contributed by atoms with Gasteiger partial charge in [-0.15, -0.1) is 0 Å². The van der Waals surface area contributed by atoms with Crippen LogP contribution >= 0.6 is 0 Å². The molecule has 1 atom stereocenters. The summed E-state index contributed by atoms with van der Waals surface area (Å²) in [7, 11) is 0. The van der Waals surface area contributed by atoms with Crippen LogP contribution in [0.4, 0.5) is 0 Å². The van der Waals surface area contributed by atoms with Crippen LogP contribution in [0.5, 0.6) is 0 Å².